The van der Waals surface area contributed by atoms with E-state index in [1.807, 2.05) is 0 Å². The van der Waals surface area contributed by atoms with E-state index in [0.29, 0.717) is 5.41 Å². The van der Waals surface area contributed by atoms with Gasteiger partial charge in [-0.05, 0) is 19.3 Å². The van der Waals surface area contributed by atoms with E-state index >= 15 is 0 Å². The minimum Gasteiger partial charge on any atom is -0.300 e. The van der Waals surface area contributed by atoms with Crippen LogP contribution in [0.5, 0.6) is 0 Å². The van der Waals surface area contributed by atoms with Crippen molar-refractivity contribution in [3.63, 3.8) is 0 Å². The Hall–Kier alpha value is -0.380. The highest BCUT2D eigenvalue weighted by Crippen LogP contribution is 2.07. The summed E-state index contributed by atoms with van der Waals surface area (Å²) in [5.41, 5.74) is 0.500. The summed E-state index contributed by atoms with van der Waals surface area (Å²) in [6.45, 7) is 11.8. The Morgan fingerprint density at radius 2 is 0.875 bits per heavy atom. The highest BCUT2D eigenvalue weighted by Gasteiger charge is 1.95. The minimum absolute atomic E-state index is 0. The highest BCUT2D eigenvalue weighted by atomic mass is 32.2. The lowest BCUT2D eigenvalue weighted by molar-refractivity contribution is -0.114. The van der Waals surface area contributed by atoms with Crippen molar-refractivity contribution in [1.82, 2.24) is 0 Å². The van der Waals surface area contributed by atoms with E-state index in [2.05, 4.69) is 27.7 Å². The van der Waals surface area contributed by atoms with Crippen LogP contribution >= 0.6 is 0 Å². The molecule has 0 atom stereocenters. The number of hydrogen-bond acceptors (Lipinski definition) is 3. The Labute approximate surface area is 104 Å². The van der Waals surface area contributed by atoms with Gasteiger partial charge >= 0.3 is 0 Å². The molecular formula is C12H32O3S. The Morgan fingerprint density at radius 1 is 0.875 bits per heavy atom. The van der Waals surface area contributed by atoms with Crippen LogP contribution in [0, 0.1) is 5.41 Å². The quantitative estimate of drug-likeness (QED) is 0.665. The summed E-state index contributed by atoms with van der Waals surface area (Å²) in [6, 6.07) is 0. The minimum atomic E-state index is -2.67. The molecule has 0 fully saturated rings. The van der Waals surface area contributed by atoms with Crippen LogP contribution in [0.15, 0.2) is 0 Å². The van der Waals surface area contributed by atoms with Crippen LogP contribution in [0.25, 0.3) is 0 Å². The van der Waals surface area contributed by atoms with Gasteiger partial charge in [-0.1, -0.05) is 42.5 Å². The molecule has 0 aliphatic heterocycles. The van der Waals surface area contributed by atoms with Gasteiger partial charge in [0.2, 0.25) is 0 Å². The summed E-state index contributed by atoms with van der Waals surface area (Å²) in [7, 11) is -2.67. The van der Waals surface area contributed by atoms with Crippen LogP contribution < -0.4 is 0 Å². The third-order valence-electron chi connectivity index (χ3n) is 0. The largest absolute Gasteiger partial charge is 0.300 e. The van der Waals surface area contributed by atoms with E-state index in [9.17, 15) is 13.2 Å². The maximum atomic E-state index is 9.63. The van der Waals surface area contributed by atoms with Crippen molar-refractivity contribution < 1.29 is 13.2 Å². The fourth-order valence-corrected chi connectivity index (χ4v) is 0. The monoisotopic (exact) mass is 256 g/mol. The molecule has 0 rings (SSSR count). The first-order valence-electron chi connectivity index (χ1n) is 4.35. The predicted molar refractivity (Wildman–Crippen MR) is 75.7 cm³/mol. The van der Waals surface area contributed by atoms with Gasteiger partial charge in [0.15, 0.2) is 0 Å². The molecular weight excluding hydrogens is 224 g/mol. The Morgan fingerprint density at radius 3 is 0.875 bits per heavy atom. The number of hydrogen-bond donors (Lipinski definition) is 0. The number of carbonyl (C=O) groups excluding carboxylic acids is 1. The topological polar surface area (TPSA) is 51.2 Å². The number of Topliss-reactive ketones (excluding diaryl/α,β-unsaturated/α-hetero) is 1. The number of carbonyl (C=O) groups is 1. The van der Waals surface area contributed by atoms with Gasteiger partial charge in [-0.25, -0.2) is 8.42 Å². The molecule has 0 aromatic heterocycles. The van der Waals surface area contributed by atoms with Crippen molar-refractivity contribution in [2.75, 3.05) is 12.5 Å². The van der Waals surface area contributed by atoms with Gasteiger partial charge in [-0.3, -0.25) is 0 Å². The summed E-state index contributed by atoms with van der Waals surface area (Å²) in [5.74, 6) is 0.167. The number of ketones is 1. The van der Waals surface area contributed by atoms with Crippen LogP contribution in [0.2, 0.25) is 0 Å². The molecule has 0 saturated carbocycles. The third kappa shape index (κ3) is 15000. The normalized spacial score (nSPS) is 9.00. The summed E-state index contributed by atoms with van der Waals surface area (Å²) in [5, 5.41) is 0. The van der Waals surface area contributed by atoms with Gasteiger partial charge in [-0.2, -0.15) is 0 Å². The van der Waals surface area contributed by atoms with Gasteiger partial charge in [0.05, 0.1) is 0 Å². The zero-order chi connectivity index (χ0) is 12.6. The number of sulfone groups is 1. The number of rotatable bonds is 0. The molecule has 0 aromatic rings. The van der Waals surface area contributed by atoms with Crippen molar-refractivity contribution in [1.29, 1.82) is 0 Å². The molecule has 4 heteroatoms. The van der Waals surface area contributed by atoms with E-state index in [4.69, 9.17) is 0 Å². The van der Waals surface area contributed by atoms with Crippen molar-refractivity contribution in [2.24, 2.45) is 5.41 Å². The summed E-state index contributed by atoms with van der Waals surface area (Å²) in [4.78, 5) is 9.44. The lowest BCUT2D eigenvalue weighted by Gasteiger charge is -2.05. The average molecular weight is 256 g/mol. The lowest BCUT2D eigenvalue weighted by atomic mass is 10.0. The van der Waals surface area contributed by atoms with E-state index in [-0.39, 0.29) is 20.6 Å². The third-order valence-corrected chi connectivity index (χ3v) is 0. The molecule has 0 N–H and O–H groups in total. The van der Waals surface area contributed by atoms with Crippen molar-refractivity contribution in [3.8, 4) is 0 Å². The van der Waals surface area contributed by atoms with E-state index in [1.165, 1.54) is 13.8 Å². The first-order valence-corrected chi connectivity index (χ1v) is 6.65. The van der Waals surface area contributed by atoms with Gasteiger partial charge in [0, 0.05) is 12.5 Å². The van der Waals surface area contributed by atoms with Crippen LogP contribution in [0.1, 0.15) is 56.4 Å². The van der Waals surface area contributed by atoms with Crippen LogP contribution in [0.3, 0.4) is 0 Å². The molecule has 3 nitrogen and oxygen atoms in total. The Kier molecular flexibility index (Phi) is 23.5. The second kappa shape index (κ2) is 12.7. The first kappa shape index (κ1) is 29.6. The molecule has 0 unspecified atom stereocenters. The van der Waals surface area contributed by atoms with Gasteiger partial charge in [0.25, 0.3) is 0 Å². The van der Waals surface area contributed by atoms with Crippen molar-refractivity contribution in [2.45, 2.75) is 56.4 Å². The van der Waals surface area contributed by atoms with E-state index in [0.717, 1.165) is 12.5 Å². The molecule has 0 spiro atoms. The summed E-state index contributed by atoms with van der Waals surface area (Å²) in [6.07, 6.45) is 2.32. The Bertz CT molecular complexity index is 215. The highest BCUT2D eigenvalue weighted by molar-refractivity contribution is 7.89. The smallest absolute Gasteiger partial charge is 0.144 e. The molecule has 0 bridgehead atoms. The van der Waals surface area contributed by atoms with E-state index < -0.39 is 9.84 Å². The predicted octanol–water partition coefficient (Wildman–Crippen LogP) is 3.58. The SMILES string of the molecule is C.C.CC(C)(C)C.CC(C)=O.CS(C)(=O)=O. The Balaban J connectivity index is -0.0000000358. The molecule has 16 heavy (non-hydrogen) atoms. The maximum Gasteiger partial charge on any atom is 0.144 e. The molecule has 0 saturated heterocycles. The molecule has 0 radical (unpaired) electrons. The molecule has 0 heterocycles. The summed E-state index contributed by atoms with van der Waals surface area (Å²) < 4.78 is 19.3. The molecule has 0 amide bonds. The standard InChI is InChI=1S/C5H12.C3H6O.C2H6O2S.2CH4/c1-5(2,3)4;1-3(2)4;1-5(2,3)4;;/h1-4H3;1-2H3;1-2H3;2*1H4. The second-order valence-corrected chi connectivity index (χ2v) is 7.34. The molecule has 0 aliphatic carbocycles. The molecule has 104 valence electrons. The zero-order valence-corrected chi connectivity index (χ0v) is 11.4. The van der Waals surface area contributed by atoms with Gasteiger partial charge in [0.1, 0.15) is 15.6 Å². The van der Waals surface area contributed by atoms with Crippen molar-refractivity contribution in [3.05, 3.63) is 0 Å². The molecule has 0 aliphatic rings. The van der Waals surface area contributed by atoms with Gasteiger partial charge < -0.3 is 4.79 Å². The van der Waals surface area contributed by atoms with Crippen LogP contribution in [-0.4, -0.2) is 26.7 Å². The lowest BCUT2D eigenvalue weighted by Crippen LogP contribution is -1.93. The zero-order valence-electron chi connectivity index (χ0n) is 10.6. The fourth-order valence-electron chi connectivity index (χ4n) is 0. The maximum absolute atomic E-state index is 9.63. The molecule has 0 aromatic carbocycles. The van der Waals surface area contributed by atoms with Gasteiger partial charge in [-0.15, -0.1) is 0 Å². The summed E-state index contributed by atoms with van der Waals surface area (Å²) >= 11 is 0. The average Bonchev–Trinajstić information content (AvgIpc) is 1.45. The van der Waals surface area contributed by atoms with E-state index in [1.54, 1.807) is 0 Å². The second-order valence-electron chi connectivity index (χ2n) is 5.05. The fraction of sp³-hybridized carbons (Fsp3) is 0.917. The van der Waals surface area contributed by atoms with Crippen LogP contribution in [-0.2, 0) is 14.6 Å². The first-order chi connectivity index (χ1) is 5.73. The van der Waals surface area contributed by atoms with Crippen molar-refractivity contribution >= 4 is 15.6 Å². The van der Waals surface area contributed by atoms with Crippen LogP contribution in [0.4, 0.5) is 0 Å².